The molecule has 2 aromatic heterocycles. The molecule has 6 aromatic rings. The van der Waals surface area contributed by atoms with Crippen molar-refractivity contribution < 1.29 is 0 Å². The maximum atomic E-state index is 4.36. The van der Waals surface area contributed by atoms with Crippen LogP contribution in [-0.2, 0) is 0 Å². The normalized spacial score (nSPS) is 11.4. The number of anilines is 3. The fourth-order valence-corrected chi connectivity index (χ4v) is 5.29. The molecule has 0 atom stereocenters. The van der Waals surface area contributed by atoms with E-state index in [0.29, 0.717) is 0 Å². The molecule has 164 valence electrons. The molecule has 35 heavy (non-hydrogen) atoms. The molecule has 4 aromatic carbocycles. The van der Waals surface area contributed by atoms with Crippen LogP contribution in [0.1, 0.15) is 0 Å². The molecule has 3 heteroatoms. The number of aromatic nitrogens is 2. The summed E-state index contributed by atoms with van der Waals surface area (Å²) in [5.74, 6) is 0. The average Bonchev–Trinajstić information content (AvgIpc) is 3.26. The summed E-state index contributed by atoms with van der Waals surface area (Å²) in [4.78, 5) is 10.9. The van der Waals surface area contributed by atoms with Crippen LogP contribution >= 0.6 is 0 Å². The van der Waals surface area contributed by atoms with E-state index < -0.39 is 0 Å². The zero-order chi connectivity index (χ0) is 23.2. The van der Waals surface area contributed by atoms with Crippen LogP contribution in [0.4, 0.5) is 17.1 Å². The summed E-state index contributed by atoms with van der Waals surface area (Å²) in [6.45, 7) is 0. The summed E-state index contributed by atoms with van der Waals surface area (Å²) in [7, 11) is 0. The van der Waals surface area contributed by atoms with Crippen LogP contribution in [0.25, 0.3) is 44.2 Å². The lowest BCUT2D eigenvalue weighted by atomic mass is 9.94. The van der Waals surface area contributed by atoms with E-state index in [4.69, 9.17) is 0 Å². The Labute approximate surface area is 204 Å². The predicted octanol–water partition coefficient (Wildman–Crippen LogP) is 8.41. The van der Waals surface area contributed by atoms with E-state index in [-0.39, 0.29) is 0 Å². The second kappa shape index (κ2) is 7.93. The molecule has 0 radical (unpaired) electrons. The van der Waals surface area contributed by atoms with Gasteiger partial charge >= 0.3 is 0 Å². The maximum absolute atomic E-state index is 4.36. The zero-order valence-electron chi connectivity index (χ0n) is 19.0. The third-order valence-corrected chi connectivity index (χ3v) is 6.77. The first-order valence-corrected chi connectivity index (χ1v) is 11.7. The van der Waals surface area contributed by atoms with Gasteiger partial charge < -0.3 is 4.90 Å². The van der Waals surface area contributed by atoms with E-state index in [0.717, 1.165) is 17.1 Å². The Kier molecular flexibility index (Phi) is 4.46. The fraction of sp³-hybridized carbons (Fsp3) is 0. The molecule has 7 rings (SSSR count). The predicted molar refractivity (Wildman–Crippen MR) is 144 cm³/mol. The van der Waals surface area contributed by atoms with Crippen molar-refractivity contribution in [2.75, 3.05) is 4.90 Å². The lowest BCUT2D eigenvalue weighted by Crippen LogP contribution is -2.10. The highest BCUT2D eigenvalue weighted by Gasteiger charge is 2.22. The third kappa shape index (κ3) is 3.13. The second-order valence-corrected chi connectivity index (χ2v) is 8.74. The number of benzene rings is 4. The highest BCUT2D eigenvalue weighted by Crippen LogP contribution is 2.49. The molecule has 0 saturated carbocycles. The summed E-state index contributed by atoms with van der Waals surface area (Å²) in [5.41, 5.74) is 10.7. The third-order valence-electron chi connectivity index (χ3n) is 6.77. The summed E-state index contributed by atoms with van der Waals surface area (Å²) >= 11 is 0. The number of fused-ring (bicyclic) bond motifs is 3. The lowest BCUT2D eigenvalue weighted by Gasteiger charge is -2.25. The van der Waals surface area contributed by atoms with E-state index in [1.54, 1.807) is 12.4 Å². The van der Waals surface area contributed by atoms with Crippen LogP contribution in [0.15, 0.2) is 128 Å². The van der Waals surface area contributed by atoms with Gasteiger partial charge in [-0.3, -0.25) is 9.97 Å². The number of rotatable bonds is 4. The summed E-state index contributed by atoms with van der Waals surface area (Å²) in [6, 6.07) is 36.7. The first-order valence-electron chi connectivity index (χ1n) is 11.7. The van der Waals surface area contributed by atoms with Crippen LogP contribution in [0.2, 0.25) is 0 Å². The van der Waals surface area contributed by atoms with Crippen molar-refractivity contribution >= 4 is 27.8 Å². The van der Waals surface area contributed by atoms with Gasteiger partial charge in [-0.15, -0.1) is 0 Å². The van der Waals surface area contributed by atoms with Gasteiger partial charge in [-0.2, -0.15) is 0 Å². The zero-order valence-corrected chi connectivity index (χ0v) is 19.0. The molecule has 0 bridgehead atoms. The van der Waals surface area contributed by atoms with Crippen molar-refractivity contribution in [3.05, 3.63) is 128 Å². The summed E-state index contributed by atoms with van der Waals surface area (Å²) in [5, 5.41) is 2.62. The molecule has 0 fully saturated rings. The molecule has 2 heterocycles. The van der Waals surface area contributed by atoms with Crippen LogP contribution in [-0.4, -0.2) is 9.97 Å². The van der Waals surface area contributed by atoms with Crippen LogP contribution in [0, 0.1) is 0 Å². The highest BCUT2D eigenvalue weighted by molar-refractivity contribution is 6.18. The molecule has 1 aliphatic rings. The number of pyridine rings is 2. The molecular formula is C32H21N3. The molecule has 0 N–H and O–H groups in total. The summed E-state index contributed by atoms with van der Waals surface area (Å²) in [6.07, 6.45) is 7.36. The van der Waals surface area contributed by atoms with Gasteiger partial charge in [0.1, 0.15) is 0 Å². The minimum atomic E-state index is 0.994. The molecule has 1 aliphatic carbocycles. The topological polar surface area (TPSA) is 29.0 Å². The molecule has 0 spiro atoms. The van der Waals surface area contributed by atoms with E-state index in [9.17, 15) is 0 Å². The standard InChI is InChI=1S/C32H21N3/c1-2-12-28-27(11-1)30-14-4-13-29-26(15-16-31(28)32(29)30)22-7-3-8-23(19-22)35(24-9-5-17-33-20-24)25-10-6-18-34-21-25/h1-21H. The Morgan fingerprint density at radius 1 is 0.457 bits per heavy atom. The van der Waals surface area contributed by atoms with Crippen LogP contribution in [0.3, 0.4) is 0 Å². The van der Waals surface area contributed by atoms with E-state index >= 15 is 0 Å². The van der Waals surface area contributed by atoms with Gasteiger partial charge in [0.05, 0.1) is 23.8 Å². The van der Waals surface area contributed by atoms with Crippen molar-refractivity contribution in [1.29, 1.82) is 0 Å². The molecule has 0 amide bonds. The molecular weight excluding hydrogens is 426 g/mol. The first kappa shape index (κ1) is 19.7. The van der Waals surface area contributed by atoms with Gasteiger partial charge in [0.15, 0.2) is 0 Å². The van der Waals surface area contributed by atoms with Crippen molar-refractivity contribution in [2.45, 2.75) is 0 Å². The summed E-state index contributed by atoms with van der Waals surface area (Å²) < 4.78 is 0. The van der Waals surface area contributed by atoms with E-state index in [2.05, 4.69) is 106 Å². The average molecular weight is 448 g/mol. The number of hydrogen-bond acceptors (Lipinski definition) is 3. The number of hydrogen-bond donors (Lipinski definition) is 0. The van der Waals surface area contributed by atoms with Gasteiger partial charge in [0.2, 0.25) is 0 Å². The minimum absolute atomic E-state index is 0.994. The lowest BCUT2D eigenvalue weighted by molar-refractivity contribution is 1.20. The quantitative estimate of drug-likeness (QED) is 0.271. The van der Waals surface area contributed by atoms with Crippen molar-refractivity contribution in [1.82, 2.24) is 9.97 Å². The highest BCUT2D eigenvalue weighted by atomic mass is 15.2. The van der Waals surface area contributed by atoms with Crippen LogP contribution in [0.5, 0.6) is 0 Å². The largest absolute Gasteiger partial charge is 0.307 e. The number of nitrogens with zero attached hydrogens (tertiary/aromatic N) is 3. The Balaban J connectivity index is 1.41. The van der Waals surface area contributed by atoms with Gasteiger partial charge in [0, 0.05) is 18.1 Å². The first-order chi connectivity index (χ1) is 17.4. The molecule has 0 unspecified atom stereocenters. The SMILES string of the molecule is c1cncc(N(c2cccnc2)c2cccc(-c3ccc4c5c(cccc35)-c3ccccc3-4)c2)c1. The van der Waals surface area contributed by atoms with E-state index in [1.807, 2.05) is 24.5 Å². The van der Waals surface area contributed by atoms with Crippen molar-refractivity contribution in [2.24, 2.45) is 0 Å². The maximum Gasteiger partial charge on any atom is 0.0645 e. The Morgan fingerprint density at radius 3 is 1.74 bits per heavy atom. The van der Waals surface area contributed by atoms with Gasteiger partial charge in [-0.1, -0.05) is 66.7 Å². The smallest absolute Gasteiger partial charge is 0.0645 e. The van der Waals surface area contributed by atoms with Gasteiger partial charge in [0.25, 0.3) is 0 Å². The van der Waals surface area contributed by atoms with Gasteiger partial charge in [-0.05, 0) is 80.6 Å². The van der Waals surface area contributed by atoms with Crippen LogP contribution < -0.4 is 4.90 Å². The Bertz CT molecular complexity index is 1620. The molecule has 3 nitrogen and oxygen atoms in total. The molecule has 0 saturated heterocycles. The molecule has 0 aliphatic heterocycles. The van der Waals surface area contributed by atoms with Gasteiger partial charge in [-0.25, -0.2) is 0 Å². The Hall–Kier alpha value is -4.76. The Morgan fingerprint density at radius 2 is 1.06 bits per heavy atom. The fourth-order valence-electron chi connectivity index (χ4n) is 5.29. The van der Waals surface area contributed by atoms with E-state index in [1.165, 1.54) is 44.2 Å². The van der Waals surface area contributed by atoms with Crippen molar-refractivity contribution in [3.8, 4) is 33.4 Å². The monoisotopic (exact) mass is 447 g/mol. The van der Waals surface area contributed by atoms with Crippen molar-refractivity contribution in [3.63, 3.8) is 0 Å². The second-order valence-electron chi connectivity index (χ2n) is 8.74. The minimum Gasteiger partial charge on any atom is -0.307 e.